The van der Waals surface area contributed by atoms with Crippen molar-refractivity contribution in [3.8, 4) is 0 Å². The van der Waals surface area contributed by atoms with E-state index in [1.165, 1.54) is 5.57 Å². The molecule has 7 fully saturated rings. The highest BCUT2D eigenvalue weighted by Crippen LogP contribution is 2.76. The smallest absolute Gasteiger partial charge is 0.338 e. The van der Waals surface area contributed by atoms with Crippen LogP contribution in [0.25, 0.3) is 0 Å². The standard InChI is InChI=1S/C77H90O15/c1-47-60(88-65(79)49-26-16-10-17-27-49)63(89-66(80)50-28-18-11-19-29-50)64(90-67(81)51-30-20-12-21-31-51)70(85-47)92-62-59(78)61-55(46-83-68(91-61)52-32-22-13-23-33-52)86-69(62)87-58-37-38-74(6)56(73(58,4)5)36-39-76(8)57(74)35-34-53-54-44-72(2,3)40-42-77(54,43-41-75(53,76)7)71(82)84-45-48-24-14-9-15-25-48/h9-34,47,54-64,68-70,78H,35-46H2,1-8H3/t47-,54-,55+,56-,57+,58-,59-,60-,61+,62+,63+,64+,68+,69-,70-,74-,75+,76+,77-/m0/s1. The number of hydrogen-bond donors (Lipinski definition) is 1. The predicted molar refractivity (Wildman–Crippen MR) is 341 cm³/mol. The third-order valence-electron chi connectivity index (χ3n) is 23.7. The zero-order valence-electron chi connectivity index (χ0n) is 54.3. The van der Waals surface area contributed by atoms with Gasteiger partial charge in [-0.25, -0.2) is 14.4 Å². The van der Waals surface area contributed by atoms with Gasteiger partial charge in [-0.15, -0.1) is 0 Å². The highest BCUT2D eigenvalue weighted by atomic mass is 16.8. The number of allylic oxidation sites excluding steroid dienone is 2. The van der Waals surface area contributed by atoms with Gasteiger partial charge in [0, 0.05) is 5.56 Å². The van der Waals surface area contributed by atoms with Crippen molar-refractivity contribution in [1.29, 1.82) is 0 Å². The highest BCUT2D eigenvalue weighted by Gasteiger charge is 2.70. The Morgan fingerprint density at radius 3 is 1.74 bits per heavy atom. The average Bonchev–Trinajstić information content (AvgIpc) is 0.677. The van der Waals surface area contributed by atoms with Gasteiger partial charge in [0.2, 0.25) is 0 Å². The van der Waals surface area contributed by atoms with Crippen LogP contribution in [0, 0.1) is 50.2 Å². The molecular formula is C77H90O15. The molecule has 3 saturated heterocycles. The van der Waals surface area contributed by atoms with Crippen LogP contribution in [0.2, 0.25) is 0 Å². The normalized spacial score (nSPS) is 37.6. The van der Waals surface area contributed by atoms with E-state index in [9.17, 15) is 24.3 Å². The van der Waals surface area contributed by atoms with Gasteiger partial charge in [0.25, 0.3) is 0 Å². The lowest BCUT2D eigenvalue weighted by molar-refractivity contribution is -0.400. The molecule has 0 amide bonds. The number of ether oxygens (including phenoxy) is 10. The van der Waals surface area contributed by atoms with E-state index in [1.807, 2.05) is 60.7 Å². The van der Waals surface area contributed by atoms with E-state index in [1.54, 1.807) is 97.9 Å². The van der Waals surface area contributed by atoms with Crippen LogP contribution in [-0.2, 0) is 58.8 Å². The summed E-state index contributed by atoms with van der Waals surface area (Å²) in [5.41, 5.74) is 2.63. The van der Waals surface area contributed by atoms with E-state index in [2.05, 4.69) is 54.5 Å². The second-order valence-electron chi connectivity index (χ2n) is 29.6. The first-order valence-corrected chi connectivity index (χ1v) is 33.4. The van der Waals surface area contributed by atoms with Gasteiger partial charge >= 0.3 is 23.9 Å². The molecule has 4 saturated carbocycles. The van der Waals surface area contributed by atoms with Crippen molar-refractivity contribution in [2.75, 3.05) is 6.61 Å². The van der Waals surface area contributed by atoms with Crippen molar-refractivity contribution < 1.29 is 71.7 Å². The SMILES string of the molecule is C[C@@H]1O[C@@H](O[C@H]2[C@H](O[C@H]3CC[C@]4(C)[C@H]5CC=C6[C@@H]7CC(C)(C)CC[C@]7(C(=O)OCc7ccccc7)CC[C@@]6(C)[C@]5(C)CC[C@H]4C3(C)C)O[C@@H]3CO[C@@H](c4ccccc4)O[C@H]3[C@@H]2O)[C@H](OC(=O)c2ccccc2)[C@H](OC(=O)c2ccccc2)[C@H]1OC(=O)c1ccccc1. The first kappa shape index (κ1) is 64.2. The molecule has 8 aliphatic rings. The van der Waals surface area contributed by atoms with Crippen molar-refractivity contribution >= 4 is 23.9 Å². The minimum absolute atomic E-state index is 0.0403. The largest absolute Gasteiger partial charge is 0.460 e. The molecule has 0 radical (unpaired) electrons. The van der Waals surface area contributed by atoms with Crippen LogP contribution in [0.4, 0.5) is 0 Å². The van der Waals surface area contributed by atoms with Gasteiger partial charge < -0.3 is 52.5 Å². The molecule has 0 spiro atoms. The third-order valence-corrected chi connectivity index (χ3v) is 23.7. The van der Waals surface area contributed by atoms with E-state index < -0.39 is 103 Å². The zero-order valence-corrected chi connectivity index (χ0v) is 54.3. The van der Waals surface area contributed by atoms with Gasteiger partial charge in [-0.1, -0.05) is 175 Å². The number of carbonyl (C=O) groups is 4. The summed E-state index contributed by atoms with van der Waals surface area (Å²) in [4.78, 5) is 57.7. The summed E-state index contributed by atoms with van der Waals surface area (Å²) in [6.07, 6.45) is -2.79. The van der Waals surface area contributed by atoms with Gasteiger partial charge in [-0.3, -0.25) is 4.79 Å². The van der Waals surface area contributed by atoms with Crippen molar-refractivity contribution in [2.24, 2.45) is 50.2 Å². The third kappa shape index (κ3) is 11.7. The minimum Gasteiger partial charge on any atom is -0.460 e. The Balaban J connectivity index is 0.812. The monoisotopic (exact) mass is 1250 g/mol. The fraction of sp³-hybridized carbons (Fsp3) is 0.532. The number of aliphatic hydroxyl groups is 1. The van der Waals surface area contributed by atoms with Crippen LogP contribution in [0.15, 0.2) is 163 Å². The second-order valence-corrected chi connectivity index (χ2v) is 29.6. The van der Waals surface area contributed by atoms with Crippen LogP contribution in [0.1, 0.15) is 168 Å². The van der Waals surface area contributed by atoms with Gasteiger partial charge in [0.05, 0.1) is 40.9 Å². The Hall–Kier alpha value is -6.56. The first-order chi connectivity index (χ1) is 44.1. The van der Waals surface area contributed by atoms with Gasteiger partial charge in [0.1, 0.15) is 31.0 Å². The maximum Gasteiger partial charge on any atom is 0.338 e. The average molecular weight is 1260 g/mol. The molecule has 15 nitrogen and oxygen atoms in total. The Morgan fingerprint density at radius 1 is 0.565 bits per heavy atom. The molecule has 3 aliphatic heterocycles. The van der Waals surface area contributed by atoms with Crippen LogP contribution < -0.4 is 0 Å². The van der Waals surface area contributed by atoms with Crippen LogP contribution in [0.3, 0.4) is 0 Å². The lowest BCUT2D eigenvalue weighted by Crippen LogP contribution is -2.68. The summed E-state index contributed by atoms with van der Waals surface area (Å²) in [6.45, 7) is 19.0. The molecule has 15 heteroatoms. The molecule has 3 heterocycles. The fourth-order valence-electron chi connectivity index (χ4n) is 18.4. The lowest BCUT2D eigenvalue weighted by atomic mass is 9.33. The van der Waals surface area contributed by atoms with Crippen molar-refractivity contribution in [1.82, 2.24) is 0 Å². The van der Waals surface area contributed by atoms with Gasteiger partial charge in [0.15, 0.2) is 37.2 Å². The number of carbonyl (C=O) groups excluding carboxylic acids is 4. The zero-order chi connectivity index (χ0) is 64.4. The highest BCUT2D eigenvalue weighted by molar-refractivity contribution is 5.91. The molecule has 488 valence electrons. The number of fused-ring (bicyclic) bond motifs is 8. The maximum atomic E-state index is 14.8. The molecule has 92 heavy (non-hydrogen) atoms. The van der Waals surface area contributed by atoms with E-state index in [-0.39, 0.29) is 69.4 Å². The fourth-order valence-corrected chi connectivity index (χ4v) is 18.4. The van der Waals surface area contributed by atoms with Gasteiger partial charge in [-0.05, 0) is 158 Å². The van der Waals surface area contributed by atoms with E-state index in [0.717, 1.165) is 68.9 Å². The number of esters is 4. The predicted octanol–water partition coefficient (Wildman–Crippen LogP) is 13.9. The number of benzene rings is 5. The maximum absolute atomic E-state index is 14.8. The summed E-state index contributed by atoms with van der Waals surface area (Å²) in [6, 6.07) is 44.6. The van der Waals surface area contributed by atoms with E-state index in [4.69, 9.17) is 47.4 Å². The quantitative estimate of drug-likeness (QED) is 0.0480. The molecule has 0 unspecified atom stereocenters. The molecule has 19 atom stereocenters. The van der Waals surface area contributed by atoms with Crippen LogP contribution in [0.5, 0.6) is 0 Å². The minimum atomic E-state index is -1.62. The van der Waals surface area contributed by atoms with E-state index in [0.29, 0.717) is 12.3 Å². The molecule has 5 aromatic carbocycles. The van der Waals surface area contributed by atoms with Crippen molar-refractivity contribution in [2.45, 2.75) is 200 Å². The second kappa shape index (κ2) is 25.3. The summed E-state index contributed by atoms with van der Waals surface area (Å²) in [5, 5.41) is 13.1. The van der Waals surface area contributed by atoms with Gasteiger partial charge in [-0.2, -0.15) is 0 Å². The molecule has 13 rings (SSSR count). The summed E-state index contributed by atoms with van der Waals surface area (Å²) in [5.74, 6) is -1.69. The first-order valence-electron chi connectivity index (χ1n) is 33.4. The van der Waals surface area contributed by atoms with Crippen molar-refractivity contribution in [3.05, 3.63) is 191 Å². The molecule has 1 N–H and O–H groups in total. The topological polar surface area (TPSA) is 181 Å². The lowest BCUT2D eigenvalue weighted by Gasteiger charge is -2.71. The summed E-state index contributed by atoms with van der Waals surface area (Å²) >= 11 is 0. The number of hydrogen-bond acceptors (Lipinski definition) is 15. The summed E-state index contributed by atoms with van der Waals surface area (Å²) < 4.78 is 66.7. The Labute approximate surface area is 541 Å². The van der Waals surface area contributed by atoms with E-state index >= 15 is 0 Å². The molecule has 5 aliphatic carbocycles. The van der Waals surface area contributed by atoms with Crippen molar-refractivity contribution in [3.63, 3.8) is 0 Å². The van der Waals surface area contributed by atoms with Crippen LogP contribution in [-0.4, -0.2) is 103 Å². The molecular weight excluding hydrogens is 1160 g/mol. The molecule has 5 aromatic rings. The molecule has 0 bridgehead atoms. The Kier molecular flexibility index (Phi) is 17.6. The Bertz CT molecular complexity index is 3470. The van der Waals surface area contributed by atoms with Crippen LogP contribution >= 0.6 is 0 Å². The number of aliphatic hydroxyl groups excluding tert-OH is 1. The summed E-state index contributed by atoms with van der Waals surface area (Å²) in [7, 11) is 0. The Morgan fingerprint density at radius 2 is 1.12 bits per heavy atom. The molecule has 0 aromatic heterocycles. The number of rotatable bonds is 14.